The van der Waals surface area contributed by atoms with Crippen LogP contribution in [0.2, 0.25) is 5.15 Å². The third-order valence-corrected chi connectivity index (χ3v) is 2.67. The molecule has 0 aliphatic rings. The molecule has 1 aromatic rings. The number of aliphatic carboxylic acids is 1. The standard InChI is InChI=1S/C12H15ClN2O3/c1-7(2)9(6-11(16)17)15-12(18)8-4-3-5-10(13)14-8/h3-5,7,9H,6H2,1-2H3,(H,15,18)(H,16,17). The lowest BCUT2D eigenvalue weighted by atomic mass is 10.0. The van der Waals surface area contributed by atoms with Gasteiger partial charge in [-0.1, -0.05) is 31.5 Å². The lowest BCUT2D eigenvalue weighted by Crippen LogP contribution is -2.40. The van der Waals surface area contributed by atoms with E-state index in [9.17, 15) is 9.59 Å². The number of halogens is 1. The van der Waals surface area contributed by atoms with Gasteiger partial charge in [-0.3, -0.25) is 9.59 Å². The van der Waals surface area contributed by atoms with Crippen molar-refractivity contribution in [1.29, 1.82) is 0 Å². The largest absolute Gasteiger partial charge is 0.481 e. The van der Waals surface area contributed by atoms with Crippen LogP contribution in [-0.4, -0.2) is 28.0 Å². The third kappa shape index (κ3) is 4.33. The number of carboxylic acid groups (broad SMARTS) is 1. The molecule has 1 atom stereocenters. The minimum absolute atomic E-state index is 0.0178. The van der Waals surface area contributed by atoms with Gasteiger partial charge in [0.1, 0.15) is 10.8 Å². The van der Waals surface area contributed by atoms with Crippen LogP contribution in [0, 0.1) is 5.92 Å². The van der Waals surface area contributed by atoms with Gasteiger partial charge in [-0.05, 0) is 18.1 Å². The summed E-state index contributed by atoms with van der Waals surface area (Å²) in [5, 5.41) is 11.6. The fourth-order valence-electron chi connectivity index (χ4n) is 1.42. The first-order valence-corrected chi connectivity index (χ1v) is 5.93. The number of pyridine rings is 1. The minimum atomic E-state index is -0.951. The van der Waals surface area contributed by atoms with Gasteiger partial charge >= 0.3 is 5.97 Å². The molecule has 0 radical (unpaired) electrons. The highest BCUT2D eigenvalue weighted by molar-refractivity contribution is 6.29. The molecule has 0 saturated carbocycles. The van der Waals surface area contributed by atoms with Crippen molar-refractivity contribution in [1.82, 2.24) is 10.3 Å². The summed E-state index contributed by atoms with van der Waals surface area (Å²) < 4.78 is 0. The summed E-state index contributed by atoms with van der Waals surface area (Å²) in [5.41, 5.74) is 0.179. The molecule has 18 heavy (non-hydrogen) atoms. The smallest absolute Gasteiger partial charge is 0.305 e. The van der Waals surface area contributed by atoms with Gasteiger partial charge in [-0.15, -0.1) is 0 Å². The number of nitrogens with zero attached hydrogens (tertiary/aromatic N) is 1. The Bertz CT molecular complexity index is 449. The van der Waals surface area contributed by atoms with Crippen LogP contribution in [0.25, 0.3) is 0 Å². The number of hydrogen-bond acceptors (Lipinski definition) is 3. The Kier molecular flexibility index (Phi) is 5.09. The van der Waals surface area contributed by atoms with Crippen LogP contribution < -0.4 is 5.32 Å². The Hall–Kier alpha value is -1.62. The number of rotatable bonds is 5. The Balaban J connectivity index is 2.75. The van der Waals surface area contributed by atoms with Gasteiger partial charge in [0.05, 0.1) is 6.42 Å². The molecule has 0 saturated heterocycles. The first-order valence-electron chi connectivity index (χ1n) is 5.55. The summed E-state index contributed by atoms with van der Waals surface area (Å²) in [6.45, 7) is 3.69. The molecule has 0 aliphatic heterocycles. The summed E-state index contributed by atoms with van der Waals surface area (Å²) in [7, 11) is 0. The van der Waals surface area contributed by atoms with Gasteiger partial charge in [0.15, 0.2) is 0 Å². The van der Waals surface area contributed by atoms with Crippen molar-refractivity contribution in [2.24, 2.45) is 5.92 Å². The van der Waals surface area contributed by atoms with Crippen LogP contribution in [0.5, 0.6) is 0 Å². The molecular weight excluding hydrogens is 256 g/mol. The SMILES string of the molecule is CC(C)C(CC(=O)O)NC(=O)c1cccc(Cl)n1. The quantitative estimate of drug-likeness (QED) is 0.802. The number of carbonyl (C=O) groups excluding carboxylic acids is 1. The Morgan fingerprint density at radius 3 is 2.61 bits per heavy atom. The zero-order valence-electron chi connectivity index (χ0n) is 10.2. The number of hydrogen-bond donors (Lipinski definition) is 2. The van der Waals surface area contributed by atoms with E-state index in [1.54, 1.807) is 12.1 Å². The number of aromatic nitrogens is 1. The molecule has 1 aromatic heterocycles. The second kappa shape index (κ2) is 6.35. The molecule has 0 fully saturated rings. The van der Waals surface area contributed by atoms with Crippen molar-refractivity contribution in [3.05, 3.63) is 29.0 Å². The molecule has 0 aliphatic carbocycles. The molecule has 0 spiro atoms. The predicted molar refractivity (Wildman–Crippen MR) is 67.6 cm³/mol. The summed E-state index contributed by atoms with van der Waals surface area (Å²) in [6, 6.07) is 4.27. The van der Waals surface area contributed by atoms with E-state index in [0.717, 1.165) is 0 Å². The molecule has 5 nitrogen and oxygen atoms in total. The third-order valence-electron chi connectivity index (χ3n) is 2.46. The lowest BCUT2D eigenvalue weighted by Gasteiger charge is -2.20. The first kappa shape index (κ1) is 14.4. The van der Waals surface area contributed by atoms with E-state index in [1.807, 2.05) is 13.8 Å². The van der Waals surface area contributed by atoms with Gasteiger partial charge < -0.3 is 10.4 Å². The molecule has 1 rings (SSSR count). The van der Waals surface area contributed by atoms with Crippen LogP contribution >= 0.6 is 11.6 Å². The van der Waals surface area contributed by atoms with Crippen LogP contribution in [0.3, 0.4) is 0 Å². The number of carbonyl (C=O) groups is 2. The monoisotopic (exact) mass is 270 g/mol. The van der Waals surface area contributed by atoms with Crippen LogP contribution in [0.15, 0.2) is 18.2 Å². The molecule has 1 amide bonds. The maximum absolute atomic E-state index is 11.9. The fourth-order valence-corrected chi connectivity index (χ4v) is 1.58. The Morgan fingerprint density at radius 1 is 1.44 bits per heavy atom. The fraction of sp³-hybridized carbons (Fsp3) is 0.417. The van der Waals surface area contributed by atoms with Crippen molar-refractivity contribution < 1.29 is 14.7 Å². The van der Waals surface area contributed by atoms with Crippen molar-refractivity contribution >= 4 is 23.5 Å². The molecule has 98 valence electrons. The van der Waals surface area contributed by atoms with Crippen LogP contribution in [0.4, 0.5) is 0 Å². The highest BCUT2D eigenvalue weighted by Crippen LogP contribution is 2.09. The maximum atomic E-state index is 11.9. The molecule has 0 aromatic carbocycles. The lowest BCUT2D eigenvalue weighted by molar-refractivity contribution is -0.137. The van der Waals surface area contributed by atoms with E-state index >= 15 is 0 Å². The zero-order valence-corrected chi connectivity index (χ0v) is 10.9. The van der Waals surface area contributed by atoms with Crippen LogP contribution in [0.1, 0.15) is 30.8 Å². The average molecular weight is 271 g/mol. The highest BCUT2D eigenvalue weighted by atomic mass is 35.5. The van der Waals surface area contributed by atoms with Crippen LogP contribution in [-0.2, 0) is 4.79 Å². The Labute approximate surface area is 110 Å². The number of carboxylic acids is 1. The van der Waals surface area contributed by atoms with E-state index in [0.29, 0.717) is 0 Å². The topological polar surface area (TPSA) is 79.3 Å². The highest BCUT2D eigenvalue weighted by Gasteiger charge is 2.20. The molecular formula is C12H15ClN2O3. The van der Waals surface area contributed by atoms with Crippen molar-refractivity contribution in [3.63, 3.8) is 0 Å². The van der Waals surface area contributed by atoms with E-state index in [-0.39, 0.29) is 23.2 Å². The van der Waals surface area contributed by atoms with E-state index in [1.165, 1.54) is 6.07 Å². The van der Waals surface area contributed by atoms with Gasteiger partial charge in [-0.25, -0.2) is 4.98 Å². The minimum Gasteiger partial charge on any atom is -0.481 e. The first-order chi connectivity index (χ1) is 8.40. The molecule has 1 heterocycles. The average Bonchev–Trinajstić information content (AvgIpc) is 2.27. The second-order valence-corrected chi connectivity index (χ2v) is 4.65. The van der Waals surface area contributed by atoms with Crippen molar-refractivity contribution in [2.45, 2.75) is 26.3 Å². The van der Waals surface area contributed by atoms with E-state index in [2.05, 4.69) is 10.3 Å². The Morgan fingerprint density at radius 2 is 2.11 bits per heavy atom. The molecule has 1 unspecified atom stereocenters. The zero-order chi connectivity index (χ0) is 13.7. The van der Waals surface area contributed by atoms with Crippen molar-refractivity contribution in [2.75, 3.05) is 0 Å². The number of amides is 1. The summed E-state index contributed by atoms with van der Waals surface area (Å²) in [5.74, 6) is -1.35. The maximum Gasteiger partial charge on any atom is 0.305 e. The summed E-state index contributed by atoms with van der Waals surface area (Å²) in [6.07, 6.45) is -0.121. The van der Waals surface area contributed by atoms with Gasteiger partial charge in [-0.2, -0.15) is 0 Å². The van der Waals surface area contributed by atoms with E-state index < -0.39 is 17.9 Å². The molecule has 6 heteroatoms. The molecule has 2 N–H and O–H groups in total. The summed E-state index contributed by atoms with van der Waals surface area (Å²) >= 11 is 5.69. The summed E-state index contributed by atoms with van der Waals surface area (Å²) in [4.78, 5) is 26.4. The predicted octanol–water partition coefficient (Wildman–Crippen LogP) is 1.96. The molecule has 0 bridgehead atoms. The van der Waals surface area contributed by atoms with Gasteiger partial charge in [0.2, 0.25) is 0 Å². The van der Waals surface area contributed by atoms with Crippen molar-refractivity contribution in [3.8, 4) is 0 Å². The second-order valence-electron chi connectivity index (χ2n) is 4.27. The van der Waals surface area contributed by atoms with Gasteiger partial charge in [0.25, 0.3) is 5.91 Å². The van der Waals surface area contributed by atoms with Gasteiger partial charge in [0, 0.05) is 6.04 Å². The normalized spacial score (nSPS) is 12.2. The number of nitrogens with one attached hydrogen (secondary N) is 1. The van der Waals surface area contributed by atoms with E-state index in [4.69, 9.17) is 16.7 Å².